The lowest BCUT2D eigenvalue weighted by atomic mass is 9.84. The van der Waals surface area contributed by atoms with Crippen molar-refractivity contribution in [1.29, 1.82) is 5.26 Å². The molecule has 2 aliphatic rings. The fourth-order valence-corrected chi connectivity index (χ4v) is 3.65. The van der Waals surface area contributed by atoms with E-state index in [0.717, 1.165) is 18.4 Å². The van der Waals surface area contributed by atoms with Gasteiger partial charge in [-0.1, -0.05) is 30.3 Å². The quantitative estimate of drug-likeness (QED) is 0.931. The third-order valence-electron chi connectivity index (χ3n) is 4.92. The van der Waals surface area contributed by atoms with Gasteiger partial charge in [0.15, 0.2) is 0 Å². The highest BCUT2D eigenvalue weighted by Gasteiger charge is 2.48. The van der Waals surface area contributed by atoms with Crippen LogP contribution in [0.5, 0.6) is 0 Å². The summed E-state index contributed by atoms with van der Waals surface area (Å²) >= 11 is 0. The van der Waals surface area contributed by atoms with Gasteiger partial charge in [0, 0.05) is 12.1 Å². The van der Waals surface area contributed by atoms with Gasteiger partial charge >= 0.3 is 6.09 Å². The largest absolute Gasteiger partial charge is 0.445 e. The van der Waals surface area contributed by atoms with Crippen LogP contribution in [0.4, 0.5) is 4.79 Å². The first kappa shape index (κ1) is 14.9. The Morgan fingerprint density at radius 1 is 1.36 bits per heavy atom. The molecule has 5 heteroatoms. The molecule has 2 aliphatic heterocycles. The lowest BCUT2D eigenvalue weighted by Crippen LogP contribution is -2.57. The zero-order valence-corrected chi connectivity index (χ0v) is 12.8. The van der Waals surface area contributed by atoms with Gasteiger partial charge in [0.25, 0.3) is 0 Å². The van der Waals surface area contributed by atoms with E-state index in [1.165, 1.54) is 0 Å². The van der Waals surface area contributed by atoms with Crippen molar-refractivity contribution in [1.82, 2.24) is 10.2 Å². The first-order valence-corrected chi connectivity index (χ1v) is 7.74. The molecule has 3 rings (SSSR count). The van der Waals surface area contributed by atoms with E-state index in [1.807, 2.05) is 30.3 Å². The lowest BCUT2D eigenvalue weighted by molar-refractivity contribution is 0.0959. The molecule has 2 fully saturated rings. The van der Waals surface area contributed by atoms with Gasteiger partial charge in [0.05, 0.1) is 6.07 Å². The van der Waals surface area contributed by atoms with Crippen molar-refractivity contribution in [3.63, 3.8) is 0 Å². The molecule has 2 bridgehead atoms. The van der Waals surface area contributed by atoms with Crippen molar-refractivity contribution in [2.24, 2.45) is 0 Å². The molecule has 0 radical (unpaired) electrons. The van der Waals surface area contributed by atoms with Crippen molar-refractivity contribution in [2.75, 3.05) is 7.05 Å². The number of nitrogens with one attached hydrogen (secondary N) is 1. The first-order chi connectivity index (χ1) is 10.6. The number of nitriles is 1. The molecule has 0 aromatic heterocycles. The lowest BCUT2D eigenvalue weighted by Gasteiger charge is -2.41. The Labute approximate surface area is 130 Å². The Morgan fingerprint density at radius 2 is 2.00 bits per heavy atom. The van der Waals surface area contributed by atoms with Gasteiger partial charge in [-0.25, -0.2) is 4.79 Å². The van der Waals surface area contributed by atoms with E-state index >= 15 is 0 Å². The topological polar surface area (TPSA) is 65.4 Å². The van der Waals surface area contributed by atoms with E-state index in [1.54, 1.807) is 0 Å². The number of alkyl carbamates (subject to hydrolysis) is 1. The van der Waals surface area contributed by atoms with Crippen LogP contribution in [-0.2, 0) is 11.3 Å². The Bertz CT molecular complexity index is 567. The second kappa shape index (κ2) is 5.98. The molecule has 5 nitrogen and oxygen atoms in total. The summed E-state index contributed by atoms with van der Waals surface area (Å²) in [6.07, 6.45) is 3.05. The molecule has 0 aliphatic carbocycles. The average molecular weight is 299 g/mol. The van der Waals surface area contributed by atoms with Crippen molar-refractivity contribution in [2.45, 2.75) is 49.9 Å². The molecular formula is C17H21N3O2. The Kier molecular flexibility index (Phi) is 4.04. The van der Waals surface area contributed by atoms with Gasteiger partial charge in [-0.2, -0.15) is 5.26 Å². The molecule has 2 heterocycles. The molecule has 2 unspecified atom stereocenters. The summed E-state index contributed by atoms with van der Waals surface area (Å²) in [7, 11) is 2.11. The summed E-state index contributed by atoms with van der Waals surface area (Å²) in [4.78, 5) is 14.4. The number of amides is 1. The first-order valence-electron chi connectivity index (χ1n) is 7.74. The molecule has 1 N–H and O–H groups in total. The van der Waals surface area contributed by atoms with Crippen LogP contribution in [0, 0.1) is 11.3 Å². The van der Waals surface area contributed by atoms with Gasteiger partial charge in [-0.05, 0) is 38.3 Å². The number of carbonyl (C=O) groups is 1. The summed E-state index contributed by atoms with van der Waals surface area (Å²) in [6.45, 7) is 0.223. The fourth-order valence-electron chi connectivity index (χ4n) is 3.65. The number of piperidine rings is 1. The molecule has 1 aromatic rings. The second-order valence-corrected chi connectivity index (χ2v) is 6.34. The minimum atomic E-state index is -0.786. The van der Waals surface area contributed by atoms with E-state index in [0.29, 0.717) is 24.9 Å². The maximum Gasteiger partial charge on any atom is 0.408 e. The van der Waals surface area contributed by atoms with Crippen molar-refractivity contribution in [3.8, 4) is 6.07 Å². The smallest absolute Gasteiger partial charge is 0.408 e. The summed E-state index contributed by atoms with van der Waals surface area (Å²) in [5.41, 5.74) is 0.152. The Hall–Kier alpha value is -2.06. The summed E-state index contributed by atoms with van der Waals surface area (Å²) in [6, 6.07) is 12.6. The summed E-state index contributed by atoms with van der Waals surface area (Å²) in [5.74, 6) is 0. The van der Waals surface area contributed by atoms with Crippen LogP contribution in [0.3, 0.4) is 0 Å². The van der Waals surface area contributed by atoms with Gasteiger partial charge in [-0.15, -0.1) is 0 Å². The SMILES string of the molecule is CN1C2CCC1CC(C#N)(NC(=O)OCc1ccccc1)C2. The second-order valence-electron chi connectivity index (χ2n) is 6.34. The third kappa shape index (κ3) is 2.93. The normalized spacial score (nSPS) is 30.5. The molecule has 116 valence electrons. The zero-order valence-electron chi connectivity index (χ0n) is 12.8. The molecular weight excluding hydrogens is 278 g/mol. The molecule has 0 saturated carbocycles. The fraction of sp³-hybridized carbons (Fsp3) is 0.529. The van der Waals surface area contributed by atoms with Crippen LogP contribution in [-0.4, -0.2) is 35.7 Å². The predicted molar refractivity (Wildman–Crippen MR) is 81.9 cm³/mol. The molecule has 1 aromatic carbocycles. The zero-order chi connectivity index (χ0) is 15.6. The van der Waals surface area contributed by atoms with Crippen molar-refractivity contribution in [3.05, 3.63) is 35.9 Å². The van der Waals surface area contributed by atoms with Crippen molar-refractivity contribution >= 4 is 6.09 Å². The number of nitrogens with zero attached hydrogens (tertiary/aromatic N) is 2. The van der Waals surface area contributed by atoms with E-state index in [9.17, 15) is 10.1 Å². The molecule has 2 atom stereocenters. The standard InChI is InChI=1S/C17H21N3O2/c1-20-14-7-8-15(20)10-17(9-14,12-18)19-16(21)22-11-13-5-3-2-4-6-13/h2-6,14-15H,7-11H2,1H3,(H,19,21). The number of ether oxygens (including phenoxy) is 1. The molecule has 22 heavy (non-hydrogen) atoms. The number of benzene rings is 1. The van der Waals surface area contributed by atoms with Crippen LogP contribution in [0.25, 0.3) is 0 Å². The molecule has 0 spiro atoms. The highest BCUT2D eigenvalue weighted by atomic mass is 16.5. The maximum atomic E-state index is 12.1. The minimum absolute atomic E-state index is 0.223. The summed E-state index contributed by atoms with van der Waals surface area (Å²) in [5, 5.41) is 12.4. The van der Waals surface area contributed by atoms with E-state index in [2.05, 4.69) is 23.3 Å². The number of rotatable bonds is 3. The highest BCUT2D eigenvalue weighted by Crippen LogP contribution is 2.39. The minimum Gasteiger partial charge on any atom is -0.445 e. The highest BCUT2D eigenvalue weighted by molar-refractivity contribution is 5.69. The van der Waals surface area contributed by atoms with Gasteiger partial charge in [-0.3, -0.25) is 0 Å². The van der Waals surface area contributed by atoms with Crippen LogP contribution >= 0.6 is 0 Å². The molecule has 1 amide bonds. The van der Waals surface area contributed by atoms with E-state index in [4.69, 9.17) is 4.74 Å². The van der Waals surface area contributed by atoms with Gasteiger partial charge in [0.2, 0.25) is 0 Å². The van der Waals surface area contributed by atoms with Gasteiger partial charge < -0.3 is 15.0 Å². The number of hydrogen-bond acceptors (Lipinski definition) is 4. The van der Waals surface area contributed by atoms with Gasteiger partial charge in [0.1, 0.15) is 12.1 Å². The van der Waals surface area contributed by atoms with Crippen LogP contribution in [0.1, 0.15) is 31.2 Å². The average Bonchev–Trinajstić information content (AvgIpc) is 2.76. The van der Waals surface area contributed by atoms with Crippen LogP contribution in [0.15, 0.2) is 30.3 Å². The Morgan fingerprint density at radius 3 is 2.59 bits per heavy atom. The molecule has 2 saturated heterocycles. The summed E-state index contributed by atoms with van der Waals surface area (Å²) < 4.78 is 5.26. The van der Waals surface area contributed by atoms with E-state index in [-0.39, 0.29) is 6.61 Å². The predicted octanol–water partition coefficient (Wildman–Crippen LogP) is 2.43. The number of carbonyl (C=O) groups excluding carboxylic acids is 1. The van der Waals surface area contributed by atoms with Crippen LogP contribution in [0.2, 0.25) is 0 Å². The van der Waals surface area contributed by atoms with Crippen LogP contribution < -0.4 is 5.32 Å². The number of hydrogen-bond donors (Lipinski definition) is 1. The third-order valence-corrected chi connectivity index (χ3v) is 4.92. The Balaban J connectivity index is 1.59. The number of fused-ring (bicyclic) bond motifs is 2. The van der Waals surface area contributed by atoms with Crippen molar-refractivity contribution < 1.29 is 9.53 Å². The monoisotopic (exact) mass is 299 g/mol. The maximum absolute atomic E-state index is 12.1. The van der Waals surface area contributed by atoms with E-state index < -0.39 is 11.6 Å².